The Kier molecular flexibility index (Phi) is 1.70. The molecular weight excluding hydrogens is 162 g/mol. The van der Waals surface area contributed by atoms with Crippen molar-refractivity contribution in [3.05, 3.63) is 36.4 Å². The van der Waals surface area contributed by atoms with Gasteiger partial charge in [-0.1, -0.05) is 18.2 Å². The molecule has 1 aromatic carbocycles. The summed E-state index contributed by atoms with van der Waals surface area (Å²) in [5, 5.41) is 0. The van der Waals surface area contributed by atoms with Gasteiger partial charge in [0.15, 0.2) is 0 Å². The molecule has 3 heteroatoms. The molecule has 0 radical (unpaired) electrons. The van der Waals surface area contributed by atoms with E-state index in [0.29, 0.717) is 5.82 Å². The number of aromatic amines is 1. The van der Waals surface area contributed by atoms with Gasteiger partial charge in [-0.05, 0) is 18.2 Å². The molecule has 0 aliphatic heterocycles. The molecular formula is C10H11N3. The Morgan fingerprint density at radius 3 is 2.31 bits per heavy atom. The van der Waals surface area contributed by atoms with Crippen LogP contribution in [0.2, 0.25) is 0 Å². The van der Waals surface area contributed by atoms with Crippen LogP contribution >= 0.6 is 0 Å². The van der Waals surface area contributed by atoms with Crippen molar-refractivity contribution in [2.45, 2.75) is 0 Å². The van der Waals surface area contributed by atoms with Crippen molar-refractivity contribution < 1.29 is 0 Å². The van der Waals surface area contributed by atoms with E-state index in [-0.39, 0.29) is 0 Å². The summed E-state index contributed by atoms with van der Waals surface area (Å²) in [6.07, 6.45) is 0. The Hall–Kier alpha value is -1.90. The normalized spacial score (nSPS) is 10.2. The highest BCUT2D eigenvalue weighted by Crippen LogP contribution is 2.24. The predicted octanol–water partition coefficient (Wildman–Crippen LogP) is 1.85. The van der Waals surface area contributed by atoms with Crippen molar-refractivity contribution in [2.75, 3.05) is 11.5 Å². The number of benzene rings is 1. The van der Waals surface area contributed by atoms with Crippen LogP contribution in [0.4, 0.5) is 11.5 Å². The van der Waals surface area contributed by atoms with Crippen LogP contribution in [0.5, 0.6) is 0 Å². The van der Waals surface area contributed by atoms with Gasteiger partial charge in [-0.2, -0.15) is 0 Å². The maximum absolute atomic E-state index is 5.80. The number of para-hydroxylation sites is 1. The Labute approximate surface area is 76.4 Å². The molecule has 2 aromatic rings. The quantitative estimate of drug-likeness (QED) is 0.576. The topological polar surface area (TPSA) is 67.8 Å². The van der Waals surface area contributed by atoms with E-state index in [1.807, 2.05) is 36.4 Å². The minimum atomic E-state index is 0.651. The number of H-pyrrole nitrogens is 1. The van der Waals surface area contributed by atoms with Gasteiger partial charge in [0.25, 0.3) is 0 Å². The highest BCUT2D eigenvalue weighted by atomic mass is 14.8. The fourth-order valence-electron chi connectivity index (χ4n) is 1.31. The van der Waals surface area contributed by atoms with Crippen LogP contribution in [-0.2, 0) is 0 Å². The number of rotatable bonds is 1. The van der Waals surface area contributed by atoms with Gasteiger partial charge in [0, 0.05) is 16.9 Å². The first-order valence-electron chi connectivity index (χ1n) is 4.07. The third-order valence-corrected chi connectivity index (χ3v) is 1.96. The summed E-state index contributed by atoms with van der Waals surface area (Å²) in [5.74, 6) is 0.651. The molecule has 0 aliphatic carbocycles. The number of anilines is 2. The zero-order valence-corrected chi connectivity index (χ0v) is 7.12. The van der Waals surface area contributed by atoms with Crippen molar-refractivity contribution in [3.8, 4) is 11.3 Å². The Bertz CT molecular complexity index is 418. The molecule has 0 spiro atoms. The van der Waals surface area contributed by atoms with Crippen molar-refractivity contribution in [2.24, 2.45) is 0 Å². The third-order valence-electron chi connectivity index (χ3n) is 1.96. The molecule has 0 saturated heterocycles. The van der Waals surface area contributed by atoms with Crippen LogP contribution in [-0.4, -0.2) is 4.98 Å². The van der Waals surface area contributed by atoms with Gasteiger partial charge in [0.05, 0.1) is 0 Å². The Morgan fingerprint density at radius 1 is 0.923 bits per heavy atom. The molecule has 0 unspecified atom stereocenters. The minimum Gasteiger partial charge on any atom is -0.398 e. The molecule has 0 bridgehead atoms. The van der Waals surface area contributed by atoms with E-state index in [2.05, 4.69) is 4.98 Å². The lowest BCUT2D eigenvalue weighted by Gasteiger charge is -2.01. The number of nitrogens with one attached hydrogen (secondary N) is 1. The van der Waals surface area contributed by atoms with Crippen molar-refractivity contribution in [1.82, 2.24) is 4.98 Å². The number of nitrogens with two attached hydrogens (primary N) is 2. The SMILES string of the molecule is Nc1ccc(-c2ccccc2N)[nH]1. The van der Waals surface area contributed by atoms with Gasteiger partial charge >= 0.3 is 0 Å². The van der Waals surface area contributed by atoms with Gasteiger partial charge in [0.2, 0.25) is 0 Å². The smallest absolute Gasteiger partial charge is 0.101 e. The molecule has 0 atom stereocenters. The molecule has 0 saturated carbocycles. The maximum Gasteiger partial charge on any atom is 0.101 e. The molecule has 66 valence electrons. The lowest BCUT2D eigenvalue weighted by molar-refractivity contribution is 1.40. The Morgan fingerprint density at radius 2 is 1.69 bits per heavy atom. The van der Waals surface area contributed by atoms with Crippen LogP contribution in [0.1, 0.15) is 0 Å². The molecule has 1 aromatic heterocycles. The van der Waals surface area contributed by atoms with Gasteiger partial charge < -0.3 is 16.5 Å². The third kappa shape index (κ3) is 1.36. The van der Waals surface area contributed by atoms with E-state index < -0.39 is 0 Å². The maximum atomic E-state index is 5.80. The van der Waals surface area contributed by atoms with Gasteiger partial charge in [-0.3, -0.25) is 0 Å². The first kappa shape index (κ1) is 7.73. The van der Waals surface area contributed by atoms with Gasteiger partial charge in [0.1, 0.15) is 5.82 Å². The second-order valence-corrected chi connectivity index (χ2v) is 2.91. The summed E-state index contributed by atoms with van der Waals surface area (Å²) >= 11 is 0. The van der Waals surface area contributed by atoms with Crippen LogP contribution < -0.4 is 11.5 Å². The standard InChI is InChI=1S/C10H11N3/c11-8-4-2-1-3-7(8)9-5-6-10(12)13-9/h1-6,13H,11-12H2. The van der Waals surface area contributed by atoms with Crippen LogP contribution in [0.3, 0.4) is 0 Å². The summed E-state index contributed by atoms with van der Waals surface area (Å²) in [4.78, 5) is 3.03. The molecule has 3 nitrogen and oxygen atoms in total. The van der Waals surface area contributed by atoms with E-state index in [9.17, 15) is 0 Å². The summed E-state index contributed by atoms with van der Waals surface area (Å²) < 4.78 is 0. The molecule has 5 N–H and O–H groups in total. The Balaban J connectivity index is 2.52. The summed E-state index contributed by atoms with van der Waals surface area (Å²) in [5.41, 5.74) is 14.1. The van der Waals surface area contributed by atoms with E-state index in [1.165, 1.54) is 0 Å². The monoisotopic (exact) mass is 173 g/mol. The fourth-order valence-corrected chi connectivity index (χ4v) is 1.31. The minimum absolute atomic E-state index is 0.651. The number of hydrogen-bond acceptors (Lipinski definition) is 2. The van der Waals surface area contributed by atoms with E-state index >= 15 is 0 Å². The first-order chi connectivity index (χ1) is 6.27. The van der Waals surface area contributed by atoms with Gasteiger partial charge in [-0.15, -0.1) is 0 Å². The zero-order chi connectivity index (χ0) is 9.26. The van der Waals surface area contributed by atoms with Gasteiger partial charge in [-0.25, -0.2) is 0 Å². The second kappa shape index (κ2) is 2.86. The van der Waals surface area contributed by atoms with E-state index in [4.69, 9.17) is 11.5 Å². The molecule has 13 heavy (non-hydrogen) atoms. The van der Waals surface area contributed by atoms with Crippen LogP contribution in [0.25, 0.3) is 11.3 Å². The summed E-state index contributed by atoms with van der Waals surface area (Å²) in [7, 11) is 0. The largest absolute Gasteiger partial charge is 0.398 e. The number of nitrogen functional groups attached to an aromatic ring is 2. The molecule has 0 amide bonds. The molecule has 0 aliphatic rings. The number of aromatic nitrogens is 1. The summed E-state index contributed by atoms with van der Waals surface area (Å²) in [6, 6.07) is 11.4. The van der Waals surface area contributed by atoms with Crippen molar-refractivity contribution in [3.63, 3.8) is 0 Å². The summed E-state index contributed by atoms with van der Waals surface area (Å²) in [6.45, 7) is 0. The van der Waals surface area contributed by atoms with E-state index in [1.54, 1.807) is 0 Å². The van der Waals surface area contributed by atoms with Crippen molar-refractivity contribution in [1.29, 1.82) is 0 Å². The first-order valence-corrected chi connectivity index (χ1v) is 4.07. The fraction of sp³-hybridized carbons (Fsp3) is 0. The van der Waals surface area contributed by atoms with Crippen LogP contribution in [0.15, 0.2) is 36.4 Å². The molecule has 1 heterocycles. The zero-order valence-electron chi connectivity index (χ0n) is 7.12. The molecule has 2 rings (SSSR count). The lowest BCUT2D eigenvalue weighted by atomic mass is 10.1. The molecule has 0 fully saturated rings. The highest BCUT2D eigenvalue weighted by molar-refractivity contribution is 5.74. The number of hydrogen-bond donors (Lipinski definition) is 3. The predicted molar refractivity (Wildman–Crippen MR) is 55.1 cm³/mol. The average molecular weight is 173 g/mol. The average Bonchev–Trinajstić information content (AvgIpc) is 2.53. The van der Waals surface area contributed by atoms with Crippen LogP contribution in [0, 0.1) is 0 Å². The second-order valence-electron chi connectivity index (χ2n) is 2.91. The van der Waals surface area contributed by atoms with Crippen molar-refractivity contribution >= 4 is 11.5 Å². The van der Waals surface area contributed by atoms with E-state index in [0.717, 1.165) is 16.9 Å². The highest BCUT2D eigenvalue weighted by Gasteiger charge is 2.02. The lowest BCUT2D eigenvalue weighted by Crippen LogP contribution is -1.89.